The van der Waals surface area contributed by atoms with Crippen LogP contribution >= 0.6 is 0 Å². The van der Waals surface area contributed by atoms with Crippen LogP contribution in [0.5, 0.6) is 0 Å². The van der Waals surface area contributed by atoms with Crippen molar-refractivity contribution in [1.29, 1.82) is 0 Å². The third kappa shape index (κ3) is 2.76. The molecule has 4 nitrogen and oxygen atoms in total. The number of fused-ring (bicyclic) bond motifs is 2. The van der Waals surface area contributed by atoms with Crippen LogP contribution in [0.15, 0.2) is 60.7 Å². The van der Waals surface area contributed by atoms with Crippen molar-refractivity contribution in [2.45, 2.75) is 18.9 Å². The normalized spacial score (nSPS) is 21.4. The number of carbonyl (C=O) groups excluding carboxylic acids is 2. The third-order valence-electron chi connectivity index (χ3n) is 7.44. The fraction of sp³-hybridized carbons (Fsp3) is 0.154. The molecule has 0 spiro atoms. The van der Waals surface area contributed by atoms with E-state index < -0.39 is 32.6 Å². The van der Waals surface area contributed by atoms with E-state index in [2.05, 4.69) is 11.8 Å². The molecule has 2 aliphatic rings. The molecule has 2 aromatic rings. The Morgan fingerprint density at radius 3 is 1.56 bits per heavy atom. The van der Waals surface area contributed by atoms with Gasteiger partial charge >= 0.3 is 187 Å². The van der Waals surface area contributed by atoms with E-state index in [1.165, 1.54) is 7.63 Å². The Morgan fingerprint density at radius 1 is 0.812 bits per heavy atom. The maximum atomic E-state index is 12.9. The van der Waals surface area contributed by atoms with Gasteiger partial charge in [-0.2, -0.15) is 0 Å². The molecule has 4 rings (SSSR count). The molecule has 32 heavy (non-hydrogen) atoms. The molecule has 0 bridgehead atoms. The number of allylic oxidation sites excluding steroid dienone is 2. The summed E-state index contributed by atoms with van der Waals surface area (Å²) >= 11 is -6.48. The average molecular weight is 476 g/mol. The molecule has 2 atom stereocenters. The topological polar surface area (TPSA) is 52.6 Å². The van der Waals surface area contributed by atoms with E-state index in [1.807, 2.05) is 83.3 Å². The van der Waals surface area contributed by atoms with Gasteiger partial charge < -0.3 is 0 Å². The van der Waals surface area contributed by atoms with E-state index in [0.29, 0.717) is 0 Å². The molecule has 2 aromatic carbocycles. The molecule has 0 amide bonds. The first-order chi connectivity index (χ1) is 14.9. The molecular formula is C26H24O4SiTi. The van der Waals surface area contributed by atoms with Gasteiger partial charge in [0, 0.05) is 0 Å². The Hall–Kier alpha value is -3.09. The van der Waals surface area contributed by atoms with E-state index >= 15 is 0 Å². The van der Waals surface area contributed by atoms with Gasteiger partial charge in [-0.05, 0) is 0 Å². The molecule has 0 heterocycles. The zero-order valence-electron chi connectivity index (χ0n) is 18.1. The molecular weight excluding hydrogens is 452 g/mol. The second-order valence-corrected chi connectivity index (χ2v) is 39.1. The summed E-state index contributed by atoms with van der Waals surface area (Å²) in [5.74, 6) is 2.38. The van der Waals surface area contributed by atoms with Crippen molar-refractivity contribution in [1.82, 2.24) is 0 Å². The molecule has 0 fully saturated rings. The zero-order chi connectivity index (χ0) is 23.3. The maximum absolute atomic E-state index is 12.9. The predicted molar refractivity (Wildman–Crippen MR) is 127 cm³/mol. The second-order valence-electron chi connectivity index (χ2n) is 10.6. The van der Waals surface area contributed by atoms with E-state index in [9.17, 15) is 9.59 Å². The van der Waals surface area contributed by atoms with Crippen molar-refractivity contribution in [2.24, 2.45) is 0 Å². The van der Waals surface area contributed by atoms with Crippen LogP contribution in [0.4, 0.5) is 0 Å². The van der Waals surface area contributed by atoms with Crippen LogP contribution in [0.2, 0.25) is 10.5 Å². The average Bonchev–Trinajstić information content (AvgIpc) is 3.39. The third-order valence-corrected chi connectivity index (χ3v) is 25.1. The van der Waals surface area contributed by atoms with Crippen molar-refractivity contribution in [3.8, 4) is 24.7 Å². The Balaban J connectivity index is 2.20. The fourth-order valence-electron chi connectivity index (χ4n) is 5.88. The van der Waals surface area contributed by atoms with Crippen LogP contribution in [-0.4, -0.2) is 19.6 Å². The van der Waals surface area contributed by atoms with Gasteiger partial charge in [-0.1, -0.05) is 0 Å². The van der Waals surface area contributed by atoms with Gasteiger partial charge in [0.05, 0.1) is 0 Å². The number of terminal acetylenes is 2. The molecule has 0 radical (unpaired) electrons. The van der Waals surface area contributed by atoms with Gasteiger partial charge in [-0.3, -0.25) is 0 Å². The Kier molecular flexibility index (Phi) is 4.17. The molecule has 0 aromatic heterocycles. The Labute approximate surface area is 186 Å². The van der Waals surface area contributed by atoms with Crippen molar-refractivity contribution < 1.29 is 28.5 Å². The summed E-state index contributed by atoms with van der Waals surface area (Å²) < 4.78 is 11.8. The Bertz CT molecular complexity index is 1380. The number of hydrogen-bond donors (Lipinski definition) is 0. The summed E-state index contributed by atoms with van der Waals surface area (Å²) in [6.07, 6.45) is 18.8. The van der Waals surface area contributed by atoms with Crippen LogP contribution in [0, 0.1) is 24.7 Å². The summed E-state index contributed by atoms with van der Waals surface area (Å²) in [5.41, 5.74) is 3.72. The number of hydrogen-bond acceptors (Lipinski definition) is 4. The van der Waals surface area contributed by atoms with E-state index in [-0.39, 0.29) is 0 Å². The van der Waals surface area contributed by atoms with Crippen LogP contribution < -0.4 is 0 Å². The van der Waals surface area contributed by atoms with Crippen LogP contribution in [-0.2, 0) is 28.5 Å². The molecule has 6 heteroatoms. The SMILES string of the molecule is C#CC(=O)[O][Ti]([CH3])([CH3])(=[SiH2])([O]C(=O)C#C)([CH]1C=Cc2ccccc21)[CH]1C=Cc2ccccc21. The molecule has 2 unspecified atom stereocenters. The molecule has 160 valence electrons. The van der Waals surface area contributed by atoms with Crippen LogP contribution in [0.3, 0.4) is 0 Å². The minimum absolute atomic E-state index is 0.558. The fourth-order valence-corrected chi connectivity index (χ4v) is 21.6. The first kappa shape index (κ1) is 22.1. The van der Waals surface area contributed by atoms with Gasteiger partial charge in [-0.25, -0.2) is 0 Å². The molecule has 0 aliphatic heterocycles. The quantitative estimate of drug-likeness (QED) is 0.493. The molecule has 0 N–H and O–H groups in total. The van der Waals surface area contributed by atoms with Crippen molar-refractivity contribution in [3.63, 3.8) is 0 Å². The van der Waals surface area contributed by atoms with E-state index in [4.69, 9.17) is 19.5 Å². The number of carbonyl (C=O) groups is 2. The standard InChI is InChI=1S/2C9H7.2C3H2O2.2CH3.H2Si.Ti/c2*1-2-5-9-7-3-6-8(9)4-1;2*1-2-3(4)5;;;;/h2*1-7H;2*1H,(H,4,5);2*1H3;1H2;/q;;;;;;;+2/p-2. The summed E-state index contributed by atoms with van der Waals surface area (Å²) in [4.78, 5) is 25.9. The first-order valence-electron chi connectivity index (χ1n) is 10.4. The van der Waals surface area contributed by atoms with Crippen LogP contribution in [0.1, 0.15) is 30.7 Å². The van der Waals surface area contributed by atoms with Gasteiger partial charge in [0.1, 0.15) is 0 Å². The van der Waals surface area contributed by atoms with Gasteiger partial charge in [0.15, 0.2) is 0 Å². The Morgan fingerprint density at radius 2 is 1.19 bits per heavy atom. The molecule has 0 saturated heterocycles. The minimum atomic E-state index is -6.48. The summed E-state index contributed by atoms with van der Waals surface area (Å²) in [6.45, 7) is 0. The monoisotopic (exact) mass is 476 g/mol. The summed E-state index contributed by atoms with van der Waals surface area (Å²) in [5, 5.41) is 3.63. The summed E-state index contributed by atoms with van der Waals surface area (Å²) in [6, 6.07) is 15.6. The second kappa shape index (κ2) is 6.03. The van der Waals surface area contributed by atoms with Gasteiger partial charge in [0.2, 0.25) is 0 Å². The zero-order valence-corrected chi connectivity index (χ0v) is 21.1. The van der Waals surface area contributed by atoms with Crippen molar-refractivity contribution >= 4 is 31.7 Å². The first-order valence-corrected chi connectivity index (χ1v) is 20.6. The van der Waals surface area contributed by atoms with Crippen molar-refractivity contribution in [3.05, 3.63) is 82.9 Å². The number of rotatable bonds is 4. The van der Waals surface area contributed by atoms with E-state index in [0.717, 1.165) is 22.3 Å². The molecule has 0 saturated carbocycles. The van der Waals surface area contributed by atoms with Gasteiger partial charge in [0.25, 0.3) is 0 Å². The molecule has 2 aliphatic carbocycles. The number of benzene rings is 2. The predicted octanol–water partition coefficient (Wildman–Crippen LogP) is 4.11. The summed E-state index contributed by atoms with van der Waals surface area (Å²) in [7, 11) is 1.48. The van der Waals surface area contributed by atoms with Gasteiger partial charge in [-0.15, -0.1) is 0 Å². The van der Waals surface area contributed by atoms with Crippen molar-refractivity contribution in [2.75, 3.05) is 0 Å². The van der Waals surface area contributed by atoms with Crippen LogP contribution in [0.25, 0.3) is 12.2 Å². The van der Waals surface area contributed by atoms with E-state index in [1.54, 1.807) is 0 Å².